The number of pyridine rings is 1. The maximum absolute atomic E-state index is 14.0. The molecular weight excluding hydrogens is 391 g/mol. The first-order chi connectivity index (χ1) is 14.3. The average Bonchev–Trinajstić information content (AvgIpc) is 2.72. The normalized spacial score (nSPS) is 11.1. The van der Waals surface area contributed by atoms with Crippen molar-refractivity contribution < 1.29 is 9.18 Å². The molecule has 0 aliphatic heterocycles. The van der Waals surface area contributed by atoms with Crippen molar-refractivity contribution in [2.45, 2.75) is 39.8 Å². The lowest BCUT2D eigenvalue weighted by atomic mass is 10.1. The number of aromatic nitrogens is 3. The third kappa shape index (κ3) is 3.58. The van der Waals surface area contributed by atoms with Crippen LogP contribution in [0.1, 0.15) is 37.0 Å². The van der Waals surface area contributed by atoms with Gasteiger partial charge in [0.2, 0.25) is 0 Å². The van der Waals surface area contributed by atoms with Crippen LogP contribution in [0.15, 0.2) is 44.7 Å². The first-order valence-corrected chi connectivity index (χ1v) is 9.75. The van der Waals surface area contributed by atoms with Gasteiger partial charge in [0.05, 0.1) is 16.6 Å². The number of benzene rings is 1. The molecule has 0 saturated heterocycles. The SMILES string of the molecule is CCCn1c(=O)c2c(C(=O)Nc3ccccc3F)cc(=O)n(CCC)c2n(C)c1=O. The fourth-order valence-electron chi connectivity index (χ4n) is 3.48. The molecule has 3 aromatic rings. The van der Waals surface area contributed by atoms with Gasteiger partial charge in [-0.05, 0) is 25.0 Å². The second kappa shape index (κ2) is 8.48. The van der Waals surface area contributed by atoms with E-state index >= 15 is 0 Å². The minimum atomic E-state index is -0.801. The van der Waals surface area contributed by atoms with Crippen LogP contribution in [0.4, 0.5) is 10.1 Å². The number of anilines is 1. The number of hydrogen-bond donors (Lipinski definition) is 1. The van der Waals surface area contributed by atoms with E-state index in [9.17, 15) is 23.6 Å². The minimum absolute atomic E-state index is 0.0487. The smallest absolute Gasteiger partial charge is 0.319 e. The molecule has 3 rings (SSSR count). The van der Waals surface area contributed by atoms with Crippen LogP contribution in [-0.4, -0.2) is 19.6 Å². The minimum Gasteiger partial charge on any atom is -0.319 e. The van der Waals surface area contributed by atoms with Gasteiger partial charge >= 0.3 is 5.69 Å². The van der Waals surface area contributed by atoms with E-state index in [1.54, 1.807) is 6.07 Å². The molecular formula is C21H23FN4O4. The van der Waals surface area contributed by atoms with Crippen LogP contribution in [0.3, 0.4) is 0 Å². The zero-order valence-corrected chi connectivity index (χ0v) is 17.1. The quantitative estimate of drug-likeness (QED) is 0.668. The molecule has 0 spiro atoms. The molecule has 1 N–H and O–H groups in total. The number of nitrogens with zero attached hydrogens (tertiary/aromatic N) is 3. The fourth-order valence-corrected chi connectivity index (χ4v) is 3.48. The molecule has 0 saturated carbocycles. The predicted octanol–water partition coefficient (Wildman–Crippen LogP) is 2.07. The van der Waals surface area contributed by atoms with Gasteiger partial charge in [-0.25, -0.2) is 9.18 Å². The lowest BCUT2D eigenvalue weighted by molar-refractivity contribution is 0.102. The second-order valence-corrected chi connectivity index (χ2v) is 6.98. The van der Waals surface area contributed by atoms with Gasteiger partial charge in [-0.15, -0.1) is 0 Å². The number of aryl methyl sites for hydroxylation is 2. The number of carbonyl (C=O) groups excluding carboxylic acids is 1. The zero-order valence-electron chi connectivity index (χ0n) is 17.1. The molecule has 1 aromatic carbocycles. The Hall–Kier alpha value is -3.49. The monoisotopic (exact) mass is 414 g/mol. The Balaban J connectivity index is 2.37. The van der Waals surface area contributed by atoms with Crippen LogP contribution in [0.5, 0.6) is 0 Å². The van der Waals surface area contributed by atoms with Crippen molar-refractivity contribution in [2.24, 2.45) is 7.05 Å². The second-order valence-electron chi connectivity index (χ2n) is 6.98. The van der Waals surface area contributed by atoms with E-state index in [0.717, 1.165) is 10.6 Å². The summed E-state index contributed by atoms with van der Waals surface area (Å²) in [5.41, 5.74) is -1.94. The van der Waals surface area contributed by atoms with E-state index in [0.29, 0.717) is 12.8 Å². The number of hydrogen-bond acceptors (Lipinski definition) is 4. The van der Waals surface area contributed by atoms with Gasteiger partial charge in [0.25, 0.3) is 17.0 Å². The summed E-state index contributed by atoms with van der Waals surface area (Å²) in [6.07, 6.45) is 1.12. The summed E-state index contributed by atoms with van der Waals surface area (Å²) in [5, 5.41) is 2.36. The van der Waals surface area contributed by atoms with Crippen LogP contribution in [0, 0.1) is 5.82 Å². The highest BCUT2D eigenvalue weighted by Gasteiger charge is 2.23. The van der Waals surface area contributed by atoms with Crippen LogP contribution in [0.25, 0.3) is 11.0 Å². The highest BCUT2D eigenvalue weighted by Crippen LogP contribution is 2.17. The third-order valence-electron chi connectivity index (χ3n) is 4.84. The molecule has 8 nitrogen and oxygen atoms in total. The maximum atomic E-state index is 14.0. The van der Waals surface area contributed by atoms with E-state index in [2.05, 4.69) is 5.32 Å². The van der Waals surface area contributed by atoms with Gasteiger partial charge in [0, 0.05) is 26.2 Å². The van der Waals surface area contributed by atoms with Crippen molar-refractivity contribution in [3.63, 3.8) is 0 Å². The number of halogens is 1. The van der Waals surface area contributed by atoms with Gasteiger partial charge < -0.3 is 5.32 Å². The van der Waals surface area contributed by atoms with E-state index in [-0.39, 0.29) is 35.4 Å². The Morgan fingerprint density at radius 3 is 2.30 bits per heavy atom. The lowest BCUT2D eigenvalue weighted by Crippen LogP contribution is -2.42. The molecule has 0 fully saturated rings. The summed E-state index contributed by atoms with van der Waals surface area (Å²) in [5.74, 6) is -1.45. The molecule has 2 heterocycles. The number of amides is 1. The summed E-state index contributed by atoms with van der Waals surface area (Å²) in [4.78, 5) is 51.6. The first-order valence-electron chi connectivity index (χ1n) is 9.75. The number of nitrogens with one attached hydrogen (secondary N) is 1. The number of carbonyl (C=O) groups is 1. The molecule has 0 aliphatic rings. The number of fused-ring (bicyclic) bond motifs is 1. The van der Waals surface area contributed by atoms with Crippen molar-refractivity contribution in [3.05, 3.63) is 72.9 Å². The summed E-state index contributed by atoms with van der Waals surface area (Å²) in [6, 6.07) is 6.65. The molecule has 0 unspecified atom stereocenters. The van der Waals surface area contributed by atoms with Gasteiger partial charge in [0.15, 0.2) is 0 Å². The van der Waals surface area contributed by atoms with E-state index < -0.39 is 28.5 Å². The van der Waals surface area contributed by atoms with Crippen molar-refractivity contribution in [1.82, 2.24) is 13.7 Å². The van der Waals surface area contributed by atoms with Gasteiger partial charge in [-0.3, -0.25) is 28.1 Å². The molecule has 0 radical (unpaired) electrons. The summed E-state index contributed by atoms with van der Waals surface area (Å²) in [7, 11) is 1.46. The molecule has 30 heavy (non-hydrogen) atoms. The topological polar surface area (TPSA) is 95.1 Å². The fraction of sp³-hybridized carbons (Fsp3) is 0.333. The third-order valence-corrected chi connectivity index (χ3v) is 4.84. The van der Waals surface area contributed by atoms with Crippen molar-refractivity contribution in [1.29, 1.82) is 0 Å². The molecule has 9 heteroatoms. The molecule has 2 aromatic heterocycles. The van der Waals surface area contributed by atoms with E-state index in [4.69, 9.17) is 0 Å². The van der Waals surface area contributed by atoms with Crippen molar-refractivity contribution >= 4 is 22.6 Å². The standard InChI is InChI=1S/C21H23FN4O4/c1-4-10-25-16(27)12-13(18(28)23-15-9-7-6-8-14(15)22)17-19(25)24(3)21(30)26(11-5-2)20(17)29/h6-9,12H,4-5,10-11H2,1-3H3,(H,23,28). The predicted molar refractivity (Wildman–Crippen MR) is 113 cm³/mol. The van der Waals surface area contributed by atoms with E-state index in [1.807, 2.05) is 13.8 Å². The molecule has 1 amide bonds. The van der Waals surface area contributed by atoms with E-state index in [1.165, 1.54) is 34.4 Å². The van der Waals surface area contributed by atoms with Gasteiger partial charge in [-0.2, -0.15) is 0 Å². The number of para-hydroxylation sites is 1. The lowest BCUT2D eigenvalue weighted by Gasteiger charge is -2.17. The highest BCUT2D eigenvalue weighted by atomic mass is 19.1. The van der Waals surface area contributed by atoms with Crippen LogP contribution in [0.2, 0.25) is 0 Å². The first kappa shape index (κ1) is 21.2. The molecule has 0 atom stereocenters. The Labute approximate surface area is 171 Å². The average molecular weight is 414 g/mol. The van der Waals surface area contributed by atoms with Crippen LogP contribution < -0.4 is 22.1 Å². The molecule has 158 valence electrons. The maximum Gasteiger partial charge on any atom is 0.332 e. The Kier molecular flexibility index (Phi) is 6.00. The Morgan fingerprint density at radius 2 is 1.67 bits per heavy atom. The van der Waals surface area contributed by atoms with Crippen molar-refractivity contribution in [3.8, 4) is 0 Å². The number of rotatable bonds is 6. The molecule has 0 aliphatic carbocycles. The summed E-state index contributed by atoms with van der Waals surface area (Å²) in [6.45, 7) is 4.12. The van der Waals surface area contributed by atoms with Crippen LogP contribution >= 0.6 is 0 Å². The Bertz CT molecular complexity index is 1300. The van der Waals surface area contributed by atoms with Crippen molar-refractivity contribution in [2.75, 3.05) is 5.32 Å². The highest BCUT2D eigenvalue weighted by molar-refractivity contribution is 6.11. The molecule has 0 bridgehead atoms. The van der Waals surface area contributed by atoms with Gasteiger partial charge in [-0.1, -0.05) is 26.0 Å². The largest absolute Gasteiger partial charge is 0.332 e. The zero-order chi connectivity index (χ0) is 22.0. The summed E-state index contributed by atoms with van der Waals surface area (Å²) < 4.78 is 17.6. The summed E-state index contributed by atoms with van der Waals surface area (Å²) >= 11 is 0. The van der Waals surface area contributed by atoms with Gasteiger partial charge in [0.1, 0.15) is 11.5 Å². The Morgan fingerprint density at radius 1 is 1.03 bits per heavy atom. The van der Waals surface area contributed by atoms with Crippen LogP contribution in [-0.2, 0) is 20.1 Å².